The van der Waals surface area contributed by atoms with E-state index in [0.29, 0.717) is 23.3 Å². The largest absolute Gasteiger partial charge is 0.512 e. The van der Waals surface area contributed by atoms with Crippen LogP contribution in [0.1, 0.15) is 5.82 Å². The van der Waals surface area contributed by atoms with Gasteiger partial charge in [0.2, 0.25) is 22.6 Å². The molecule has 3 amide bonds. The summed E-state index contributed by atoms with van der Waals surface area (Å²) in [6.45, 7) is 0. The van der Waals surface area contributed by atoms with Crippen molar-refractivity contribution in [3.05, 3.63) is 17.3 Å². The molecule has 0 radical (unpaired) electrons. The molecule has 1 saturated heterocycles. The average molecular weight is 638 g/mol. The van der Waals surface area contributed by atoms with E-state index < -0.39 is 68.2 Å². The Kier molecular flexibility index (Phi) is 8.37. The third kappa shape index (κ3) is 6.55. The van der Waals surface area contributed by atoms with Crippen molar-refractivity contribution in [2.75, 3.05) is 17.2 Å². The molecule has 2 aromatic rings. The van der Waals surface area contributed by atoms with Gasteiger partial charge < -0.3 is 26.6 Å². The quantitative estimate of drug-likeness (QED) is 0.0306. The summed E-state index contributed by atoms with van der Waals surface area (Å²) in [5, 5.41) is 25.7. The maximum Gasteiger partial charge on any atom is 0.512 e. The number of rotatable bonds is 10. The van der Waals surface area contributed by atoms with E-state index in [-0.39, 0.29) is 27.4 Å². The molecule has 3 atom stereocenters. The van der Waals surface area contributed by atoms with Crippen LogP contribution in [0.2, 0.25) is 0 Å². The number of ether oxygens (including phenoxy) is 1. The number of nitrogens with one attached hydrogen (secondary N) is 2. The third-order valence-corrected chi connectivity index (χ3v) is 8.77. The highest BCUT2D eigenvalue weighted by molar-refractivity contribution is 8.01. The Morgan fingerprint density at radius 2 is 2.12 bits per heavy atom. The highest BCUT2D eigenvalue weighted by atomic mass is 32.2. The van der Waals surface area contributed by atoms with Gasteiger partial charge in [0.1, 0.15) is 11.4 Å². The molecule has 0 saturated carbocycles. The first-order chi connectivity index (χ1) is 18.8. The molecular formula is C15H15N11O10S4. The first-order valence-corrected chi connectivity index (χ1v) is 14.5. The molecule has 8 N–H and O–H groups in total. The molecule has 25 heteroatoms. The molecule has 40 heavy (non-hydrogen) atoms. The first kappa shape index (κ1) is 28.9. The number of carboxylic acid groups (broad SMARTS) is 1. The Morgan fingerprint density at radius 3 is 2.70 bits per heavy atom. The Morgan fingerprint density at radius 1 is 1.38 bits per heavy atom. The lowest BCUT2D eigenvalue weighted by molar-refractivity contribution is -0.148. The van der Waals surface area contributed by atoms with E-state index in [1.165, 1.54) is 0 Å². The van der Waals surface area contributed by atoms with Gasteiger partial charge in [-0.15, -0.1) is 22.0 Å². The fourth-order valence-corrected chi connectivity index (χ4v) is 7.42. The summed E-state index contributed by atoms with van der Waals surface area (Å²) in [6.07, 6.45) is -3.17. The van der Waals surface area contributed by atoms with Crippen LogP contribution in [0.15, 0.2) is 21.8 Å². The predicted octanol–water partition coefficient (Wildman–Crippen LogP) is -2.21. The van der Waals surface area contributed by atoms with Crippen LogP contribution in [0.25, 0.3) is 0 Å². The van der Waals surface area contributed by atoms with Gasteiger partial charge in [0, 0.05) is 22.9 Å². The van der Waals surface area contributed by atoms with Gasteiger partial charge in [-0.1, -0.05) is 16.9 Å². The van der Waals surface area contributed by atoms with E-state index in [4.69, 9.17) is 16.2 Å². The molecule has 0 aromatic carbocycles. The third-order valence-electron chi connectivity index (χ3n) is 4.84. The number of amides is 3. The van der Waals surface area contributed by atoms with Gasteiger partial charge in [0.15, 0.2) is 5.13 Å². The predicted molar refractivity (Wildman–Crippen MR) is 133 cm³/mol. The van der Waals surface area contributed by atoms with Crippen molar-refractivity contribution in [3.63, 3.8) is 0 Å². The van der Waals surface area contributed by atoms with Crippen LogP contribution in [0.4, 0.5) is 14.7 Å². The van der Waals surface area contributed by atoms with Crippen molar-refractivity contribution in [1.82, 2.24) is 40.2 Å². The summed E-state index contributed by atoms with van der Waals surface area (Å²) in [7, 11) is -4.62. The van der Waals surface area contributed by atoms with Crippen molar-refractivity contribution >= 4 is 80.1 Å². The number of β-lactam (4-membered cyclic amide) rings is 1. The fourth-order valence-electron chi connectivity index (χ4n) is 3.35. The number of carbonyl (C=O) groups is 4. The molecule has 2 aliphatic heterocycles. The molecule has 1 fully saturated rings. The van der Waals surface area contributed by atoms with Crippen molar-refractivity contribution in [2.45, 2.75) is 21.8 Å². The normalized spacial score (nSPS) is 19.9. The minimum Gasteiger partial charge on any atom is -0.449 e. The van der Waals surface area contributed by atoms with Crippen LogP contribution in [0.5, 0.6) is 0 Å². The van der Waals surface area contributed by atoms with Gasteiger partial charge in [-0.3, -0.25) is 23.9 Å². The molecule has 21 nitrogen and oxygen atoms in total. The zero-order chi connectivity index (χ0) is 29.2. The number of nitrogens with zero attached hydrogens (tertiary/aromatic N) is 7. The fraction of sp³-hybridized carbons (Fsp3) is 0.333. The summed E-state index contributed by atoms with van der Waals surface area (Å²) < 4.78 is 41.6. The second-order valence-corrected chi connectivity index (χ2v) is 12.0. The maximum atomic E-state index is 13.1. The van der Waals surface area contributed by atoms with Gasteiger partial charge in [-0.05, 0) is 5.21 Å². The van der Waals surface area contributed by atoms with Gasteiger partial charge in [0.25, 0.3) is 21.9 Å². The van der Waals surface area contributed by atoms with E-state index in [1.54, 1.807) is 0 Å². The molecular weight excluding hydrogens is 622 g/mol. The lowest BCUT2D eigenvalue weighted by Crippen LogP contribution is -2.71. The lowest BCUT2D eigenvalue weighted by atomic mass is 10.0. The van der Waals surface area contributed by atoms with Crippen LogP contribution >= 0.6 is 35.1 Å². The number of hydrogen-bond acceptors (Lipinski definition) is 18. The molecule has 1 unspecified atom stereocenters. The molecule has 4 heterocycles. The van der Waals surface area contributed by atoms with Crippen molar-refractivity contribution < 1.29 is 46.8 Å². The smallest absolute Gasteiger partial charge is 0.449 e. The Bertz CT molecular complexity index is 1510. The number of oxime groups is 1. The van der Waals surface area contributed by atoms with Crippen LogP contribution in [0.3, 0.4) is 0 Å². The highest BCUT2D eigenvalue weighted by Crippen LogP contribution is 2.44. The van der Waals surface area contributed by atoms with E-state index in [2.05, 4.69) is 45.3 Å². The van der Waals surface area contributed by atoms with Gasteiger partial charge in [0.05, 0.1) is 11.0 Å². The van der Waals surface area contributed by atoms with Crippen LogP contribution in [-0.4, -0.2) is 111 Å². The zero-order valence-corrected chi connectivity index (χ0v) is 22.5. The Labute approximate surface area is 234 Å². The molecule has 4 rings (SSSR count). The summed E-state index contributed by atoms with van der Waals surface area (Å²) in [5.41, 5.74) is 9.77. The number of primary amides is 1. The number of nitrogen functional groups attached to an aromatic ring is 1. The number of hydrogen-bond donors (Lipinski definition) is 6. The van der Waals surface area contributed by atoms with Crippen LogP contribution in [0, 0.1) is 0 Å². The van der Waals surface area contributed by atoms with E-state index in [1.807, 2.05) is 0 Å². The summed E-state index contributed by atoms with van der Waals surface area (Å²) >= 11 is 2.43. The number of tetrazole rings is 1. The number of thioether (sulfide) groups is 2. The molecule has 214 valence electrons. The number of anilines is 1. The van der Waals surface area contributed by atoms with E-state index >= 15 is 0 Å². The van der Waals surface area contributed by atoms with Gasteiger partial charge in [-0.2, -0.15) is 23.0 Å². The molecule has 0 bridgehead atoms. The van der Waals surface area contributed by atoms with E-state index in [9.17, 15) is 37.3 Å². The SMILES string of the molecule is NC(=O)O/N=C(\C(=O)N[C@@H]1C(=O)N2C(OC(=O)O)=C(C(CS(=O)(=O)O)Sc3nn[nH]n3)CS[C@@H]12)c1nsc(N)n1. The number of fused-ring (bicyclic) bond motifs is 1. The maximum absolute atomic E-state index is 13.1. The molecule has 0 aliphatic carbocycles. The number of aromatic amines is 1. The molecule has 2 aromatic heterocycles. The van der Waals surface area contributed by atoms with E-state index in [0.717, 1.165) is 16.7 Å². The highest BCUT2D eigenvalue weighted by Gasteiger charge is 2.55. The Hall–Kier alpha value is -4.07. The lowest BCUT2D eigenvalue weighted by Gasteiger charge is -2.49. The zero-order valence-electron chi connectivity index (χ0n) is 19.2. The monoisotopic (exact) mass is 637 g/mol. The summed E-state index contributed by atoms with van der Waals surface area (Å²) in [6, 6.07) is -1.27. The number of aromatic nitrogens is 6. The summed E-state index contributed by atoms with van der Waals surface area (Å²) in [4.78, 5) is 57.5. The van der Waals surface area contributed by atoms with Crippen molar-refractivity contribution in [2.24, 2.45) is 10.9 Å². The van der Waals surface area contributed by atoms with Gasteiger partial charge >= 0.3 is 12.2 Å². The Balaban J connectivity index is 1.61. The number of carbonyl (C=O) groups excluding carboxylic acids is 3. The number of nitrogens with two attached hydrogens (primary N) is 2. The molecule has 0 spiro atoms. The van der Waals surface area contributed by atoms with Crippen molar-refractivity contribution in [1.29, 1.82) is 0 Å². The summed E-state index contributed by atoms with van der Waals surface area (Å²) in [5.74, 6) is -3.78. The van der Waals surface area contributed by atoms with Crippen molar-refractivity contribution in [3.8, 4) is 0 Å². The first-order valence-electron chi connectivity index (χ1n) is 10.2. The second-order valence-electron chi connectivity index (χ2n) is 7.42. The van der Waals surface area contributed by atoms with Crippen LogP contribution < -0.4 is 16.8 Å². The second kappa shape index (κ2) is 11.6. The van der Waals surface area contributed by atoms with Crippen LogP contribution in [-0.2, 0) is 29.3 Å². The standard InChI is InChI=1S/C15H15N11O10S4/c16-12-19-7(23-39-12)5(22-36-13(17)29)8(27)18-6-9(28)26-10(35-15(30)31)3(1-37-11(6)26)4(2-40(32,33)34)38-14-20-24-25-21-14/h4,6,11H,1-2H2,(H2,17,29)(H,18,27)(H,30,31)(H2,16,19,23)(H,32,33,34)(H,20,21,24,25)/b22-5-/t4?,6-,11+/m1/s1. The molecule has 2 aliphatic rings. The number of H-pyrrole nitrogens is 1. The minimum atomic E-state index is -4.62. The van der Waals surface area contributed by atoms with Gasteiger partial charge in [-0.25, -0.2) is 9.59 Å². The average Bonchev–Trinajstić information content (AvgIpc) is 3.52. The minimum absolute atomic E-state index is 0.00783. The topological polar surface area (TPSA) is 321 Å².